The maximum absolute atomic E-state index is 12.2. The van der Waals surface area contributed by atoms with Gasteiger partial charge in [-0.05, 0) is 44.5 Å². The van der Waals surface area contributed by atoms with E-state index in [1.807, 2.05) is 11.8 Å². The minimum Gasteiger partial charge on any atom is -0.338 e. The minimum absolute atomic E-state index is 0.379. The molecule has 104 valence electrons. The zero-order valence-corrected chi connectivity index (χ0v) is 12.4. The van der Waals surface area contributed by atoms with Crippen LogP contribution in [0.4, 0.5) is 0 Å². The first-order valence-electron chi connectivity index (χ1n) is 7.41. The molecule has 0 aromatic carbocycles. The molecule has 0 radical (unpaired) electrons. The van der Waals surface area contributed by atoms with Crippen molar-refractivity contribution in [3.8, 4) is 0 Å². The van der Waals surface area contributed by atoms with E-state index in [1.54, 1.807) is 0 Å². The van der Waals surface area contributed by atoms with Crippen LogP contribution in [0.15, 0.2) is 0 Å². The molecule has 2 fully saturated rings. The molecule has 0 aliphatic carbocycles. The highest BCUT2D eigenvalue weighted by molar-refractivity contribution is 7.99. The van der Waals surface area contributed by atoms with Crippen LogP contribution >= 0.6 is 11.8 Å². The van der Waals surface area contributed by atoms with Crippen LogP contribution in [-0.4, -0.2) is 59.4 Å². The van der Waals surface area contributed by atoms with Gasteiger partial charge in [-0.15, -0.1) is 0 Å². The second kappa shape index (κ2) is 7.39. The molecule has 3 nitrogen and oxygen atoms in total. The van der Waals surface area contributed by atoms with E-state index in [2.05, 4.69) is 16.7 Å². The zero-order valence-electron chi connectivity index (χ0n) is 11.6. The van der Waals surface area contributed by atoms with Crippen LogP contribution < -0.4 is 0 Å². The molecule has 18 heavy (non-hydrogen) atoms. The van der Waals surface area contributed by atoms with Crippen LogP contribution in [0.5, 0.6) is 0 Å². The number of nitrogens with zero attached hydrogens (tertiary/aromatic N) is 2. The fraction of sp³-hybridized carbons (Fsp3) is 0.929. The summed E-state index contributed by atoms with van der Waals surface area (Å²) in [6.07, 6.45) is 5.53. The van der Waals surface area contributed by atoms with Gasteiger partial charge in [0.15, 0.2) is 0 Å². The Balaban J connectivity index is 1.94. The SMILES string of the molecule is CCCC(=O)N1CCCSCC1CN1CCCC1. The standard InChI is InChI=1S/C14H26N2OS/c1-2-6-14(17)16-9-5-10-18-12-13(16)11-15-7-3-4-8-15/h13H,2-12H2,1H3. The summed E-state index contributed by atoms with van der Waals surface area (Å²) < 4.78 is 0. The van der Waals surface area contributed by atoms with Gasteiger partial charge in [-0.25, -0.2) is 0 Å². The van der Waals surface area contributed by atoms with Crippen molar-refractivity contribution in [1.82, 2.24) is 9.80 Å². The fourth-order valence-electron chi connectivity index (χ4n) is 2.93. The van der Waals surface area contributed by atoms with Crippen molar-refractivity contribution in [3.63, 3.8) is 0 Å². The minimum atomic E-state index is 0.379. The number of carbonyl (C=O) groups excluding carboxylic acids is 1. The molecule has 2 rings (SSSR count). The van der Waals surface area contributed by atoms with Gasteiger partial charge in [-0.2, -0.15) is 11.8 Å². The van der Waals surface area contributed by atoms with Crippen LogP contribution in [-0.2, 0) is 4.79 Å². The smallest absolute Gasteiger partial charge is 0.222 e. The molecule has 4 heteroatoms. The lowest BCUT2D eigenvalue weighted by Gasteiger charge is -2.32. The van der Waals surface area contributed by atoms with E-state index in [0.717, 1.165) is 38.1 Å². The molecule has 0 bridgehead atoms. The van der Waals surface area contributed by atoms with Crippen molar-refractivity contribution in [2.45, 2.75) is 45.1 Å². The van der Waals surface area contributed by atoms with E-state index in [0.29, 0.717) is 11.9 Å². The molecular formula is C14H26N2OS. The maximum atomic E-state index is 12.2. The normalized spacial score (nSPS) is 26.3. The van der Waals surface area contributed by atoms with E-state index in [4.69, 9.17) is 0 Å². The molecule has 0 spiro atoms. The van der Waals surface area contributed by atoms with Gasteiger partial charge >= 0.3 is 0 Å². The number of hydrogen-bond donors (Lipinski definition) is 0. The van der Waals surface area contributed by atoms with Crippen molar-refractivity contribution in [2.24, 2.45) is 0 Å². The van der Waals surface area contributed by atoms with Crippen LogP contribution in [0.1, 0.15) is 39.0 Å². The van der Waals surface area contributed by atoms with Crippen LogP contribution in [0, 0.1) is 0 Å². The van der Waals surface area contributed by atoms with Crippen LogP contribution in [0.2, 0.25) is 0 Å². The Hall–Kier alpha value is -0.220. The van der Waals surface area contributed by atoms with Crippen molar-refractivity contribution in [1.29, 1.82) is 0 Å². The molecule has 1 amide bonds. The fourth-order valence-corrected chi connectivity index (χ4v) is 3.99. The lowest BCUT2D eigenvalue weighted by Crippen LogP contribution is -2.47. The second-order valence-electron chi connectivity index (χ2n) is 5.43. The van der Waals surface area contributed by atoms with Crippen molar-refractivity contribution >= 4 is 17.7 Å². The monoisotopic (exact) mass is 270 g/mol. The molecule has 1 unspecified atom stereocenters. The quantitative estimate of drug-likeness (QED) is 0.782. The highest BCUT2D eigenvalue weighted by Crippen LogP contribution is 2.20. The molecule has 1 atom stereocenters. The van der Waals surface area contributed by atoms with Gasteiger partial charge in [0.2, 0.25) is 5.91 Å². The first-order chi connectivity index (χ1) is 8.81. The predicted octanol–water partition coefficient (Wildman–Crippen LogP) is 2.22. The summed E-state index contributed by atoms with van der Waals surface area (Å²) in [6, 6.07) is 0.453. The first kappa shape index (κ1) is 14.2. The van der Waals surface area contributed by atoms with Gasteiger partial charge in [-0.3, -0.25) is 4.79 Å². The number of hydrogen-bond acceptors (Lipinski definition) is 3. The van der Waals surface area contributed by atoms with Crippen molar-refractivity contribution in [2.75, 3.05) is 37.7 Å². The Kier molecular flexibility index (Phi) is 5.83. The summed E-state index contributed by atoms with van der Waals surface area (Å²) in [5.74, 6) is 2.72. The summed E-state index contributed by atoms with van der Waals surface area (Å²) in [7, 11) is 0. The van der Waals surface area contributed by atoms with E-state index >= 15 is 0 Å². The maximum Gasteiger partial charge on any atom is 0.222 e. The average Bonchev–Trinajstić information content (AvgIpc) is 2.74. The summed E-state index contributed by atoms with van der Waals surface area (Å²) in [5, 5.41) is 0. The highest BCUT2D eigenvalue weighted by atomic mass is 32.2. The molecule has 2 aliphatic heterocycles. The van der Waals surface area contributed by atoms with E-state index < -0.39 is 0 Å². The molecule has 0 aromatic rings. The third-order valence-electron chi connectivity index (χ3n) is 3.89. The van der Waals surface area contributed by atoms with E-state index in [9.17, 15) is 4.79 Å². The molecule has 2 saturated heterocycles. The van der Waals surface area contributed by atoms with Crippen LogP contribution in [0.3, 0.4) is 0 Å². The summed E-state index contributed by atoms with van der Waals surface area (Å²) in [5.41, 5.74) is 0. The Morgan fingerprint density at radius 2 is 2.00 bits per heavy atom. The third kappa shape index (κ3) is 3.89. The third-order valence-corrected chi connectivity index (χ3v) is 5.09. The number of rotatable bonds is 4. The van der Waals surface area contributed by atoms with Gasteiger partial charge in [0.25, 0.3) is 0 Å². The van der Waals surface area contributed by atoms with Crippen molar-refractivity contribution in [3.05, 3.63) is 0 Å². The Morgan fingerprint density at radius 3 is 2.72 bits per heavy atom. The van der Waals surface area contributed by atoms with Gasteiger partial charge in [-0.1, -0.05) is 6.92 Å². The molecule has 0 saturated carbocycles. The average molecular weight is 270 g/mol. The predicted molar refractivity (Wildman–Crippen MR) is 78.0 cm³/mol. The molecule has 0 N–H and O–H groups in total. The Bertz CT molecular complexity index is 267. The first-order valence-corrected chi connectivity index (χ1v) is 8.56. The van der Waals surface area contributed by atoms with Gasteiger partial charge in [0.05, 0.1) is 6.04 Å². The molecule has 2 aliphatic rings. The summed E-state index contributed by atoms with van der Waals surface area (Å²) >= 11 is 2.03. The van der Waals surface area contributed by atoms with E-state index in [-0.39, 0.29) is 0 Å². The van der Waals surface area contributed by atoms with E-state index in [1.165, 1.54) is 31.7 Å². The molecule has 2 heterocycles. The number of amides is 1. The number of carbonyl (C=O) groups is 1. The second-order valence-corrected chi connectivity index (χ2v) is 6.58. The number of thioether (sulfide) groups is 1. The Morgan fingerprint density at radius 1 is 1.22 bits per heavy atom. The molecule has 0 aromatic heterocycles. The lowest BCUT2D eigenvalue weighted by atomic mass is 10.2. The lowest BCUT2D eigenvalue weighted by molar-refractivity contribution is -0.133. The van der Waals surface area contributed by atoms with Crippen LogP contribution in [0.25, 0.3) is 0 Å². The molecular weight excluding hydrogens is 244 g/mol. The van der Waals surface area contributed by atoms with Gasteiger partial charge < -0.3 is 9.80 Å². The largest absolute Gasteiger partial charge is 0.338 e. The van der Waals surface area contributed by atoms with Gasteiger partial charge in [0.1, 0.15) is 0 Å². The van der Waals surface area contributed by atoms with Gasteiger partial charge in [0, 0.05) is 25.3 Å². The van der Waals surface area contributed by atoms with Crippen molar-refractivity contribution < 1.29 is 4.79 Å². The zero-order chi connectivity index (χ0) is 12.8. The topological polar surface area (TPSA) is 23.6 Å². The highest BCUT2D eigenvalue weighted by Gasteiger charge is 2.27. The summed E-state index contributed by atoms with van der Waals surface area (Å²) in [6.45, 7) is 6.64. The Labute approximate surface area is 115 Å². The number of likely N-dealkylation sites (tertiary alicyclic amines) is 1. The summed E-state index contributed by atoms with van der Waals surface area (Å²) in [4.78, 5) is 17.0.